The molecule has 1 saturated heterocycles. The Bertz CT molecular complexity index is 383. The molecule has 4 heteroatoms. The van der Waals surface area contributed by atoms with Crippen molar-refractivity contribution in [3.05, 3.63) is 17.6 Å². The number of hydrogen-bond acceptors (Lipinski definition) is 4. The van der Waals surface area contributed by atoms with E-state index in [2.05, 4.69) is 42.0 Å². The minimum absolute atomic E-state index is 0.392. The predicted molar refractivity (Wildman–Crippen MR) is 75.2 cm³/mol. The fourth-order valence-corrected chi connectivity index (χ4v) is 2.20. The van der Waals surface area contributed by atoms with Crippen LogP contribution in [0.2, 0.25) is 0 Å². The molecule has 0 spiro atoms. The number of aromatic nitrogens is 2. The van der Waals surface area contributed by atoms with E-state index < -0.39 is 0 Å². The Balaban J connectivity index is 2.26. The fourth-order valence-electron chi connectivity index (χ4n) is 2.20. The summed E-state index contributed by atoms with van der Waals surface area (Å²) in [4.78, 5) is 11.8. The zero-order valence-electron chi connectivity index (χ0n) is 11.7. The molecular weight excluding hydrogens is 224 g/mol. The van der Waals surface area contributed by atoms with Gasteiger partial charge in [-0.25, -0.2) is 9.97 Å². The third kappa shape index (κ3) is 3.19. The van der Waals surface area contributed by atoms with Crippen molar-refractivity contribution in [2.24, 2.45) is 0 Å². The van der Waals surface area contributed by atoms with Crippen molar-refractivity contribution in [1.82, 2.24) is 15.3 Å². The molecule has 1 aromatic rings. The van der Waals surface area contributed by atoms with Gasteiger partial charge in [0.15, 0.2) is 0 Å². The van der Waals surface area contributed by atoms with Gasteiger partial charge in [-0.1, -0.05) is 27.2 Å². The minimum atomic E-state index is 0.392. The lowest BCUT2D eigenvalue weighted by Gasteiger charge is -2.29. The predicted octanol–water partition coefficient (Wildman–Crippen LogP) is 1.96. The Morgan fingerprint density at radius 1 is 1.28 bits per heavy atom. The number of piperazine rings is 1. The van der Waals surface area contributed by atoms with Crippen LogP contribution in [0.3, 0.4) is 0 Å². The number of nitrogens with one attached hydrogen (secondary N) is 1. The fraction of sp³-hybridized carbons (Fsp3) is 0.714. The second-order valence-corrected chi connectivity index (χ2v) is 5.22. The van der Waals surface area contributed by atoms with Gasteiger partial charge in [-0.3, -0.25) is 0 Å². The Hall–Kier alpha value is -1.16. The van der Waals surface area contributed by atoms with Crippen LogP contribution in [0.15, 0.2) is 6.07 Å². The van der Waals surface area contributed by atoms with Gasteiger partial charge >= 0.3 is 0 Å². The number of anilines is 1. The van der Waals surface area contributed by atoms with E-state index in [1.54, 1.807) is 0 Å². The Morgan fingerprint density at radius 2 is 2.00 bits per heavy atom. The molecule has 1 N–H and O–H groups in total. The number of rotatable bonds is 4. The van der Waals surface area contributed by atoms with Crippen LogP contribution in [-0.4, -0.2) is 36.1 Å². The highest BCUT2D eigenvalue weighted by Crippen LogP contribution is 2.18. The van der Waals surface area contributed by atoms with Gasteiger partial charge in [0.05, 0.1) is 0 Å². The molecule has 0 radical (unpaired) electrons. The summed E-state index contributed by atoms with van der Waals surface area (Å²) >= 11 is 0. The Kier molecular flexibility index (Phi) is 4.53. The van der Waals surface area contributed by atoms with E-state index in [0.29, 0.717) is 5.92 Å². The summed E-state index contributed by atoms with van der Waals surface area (Å²) in [6.07, 6.45) is 2.18. The first-order chi connectivity index (χ1) is 8.70. The van der Waals surface area contributed by atoms with Gasteiger partial charge < -0.3 is 10.2 Å². The van der Waals surface area contributed by atoms with Crippen molar-refractivity contribution in [2.45, 2.75) is 39.5 Å². The maximum atomic E-state index is 4.73. The highest BCUT2D eigenvalue weighted by molar-refractivity contribution is 5.41. The van der Waals surface area contributed by atoms with Crippen molar-refractivity contribution in [3.8, 4) is 0 Å². The minimum Gasteiger partial charge on any atom is -0.354 e. The summed E-state index contributed by atoms with van der Waals surface area (Å²) in [5.74, 6) is 2.48. The Labute approximate surface area is 110 Å². The molecule has 0 unspecified atom stereocenters. The Morgan fingerprint density at radius 3 is 2.61 bits per heavy atom. The van der Waals surface area contributed by atoms with Crippen molar-refractivity contribution in [2.75, 3.05) is 31.1 Å². The second-order valence-electron chi connectivity index (χ2n) is 5.22. The van der Waals surface area contributed by atoms with E-state index in [1.807, 2.05) is 0 Å². The summed E-state index contributed by atoms with van der Waals surface area (Å²) in [6, 6.07) is 2.17. The lowest BCUT2D eigenvalue weighted by molar-refractivity contribution is 0.581. The van der Waals surface area contributed by atoms with E-state index in [4.69, 9.17) is 4.98 Å². The van der Waals surface area contributed by atoms with E-state index in [-0.39, 0.29) is 0 Å². The molecule has 2 heterocycles. The summed E-state index contributed by atoms with van der Waals surface area (Å²) < 4.78 is 0. The van der Waals surface area contributed by atoms with Crippen LogP contribution in [0, 0.1) is 0 Å². The van der Waals surface area contributed by atoms with Gasteiger partial charge in [0.2, 0.25) is 0 Å². The van der Waals surface area contributed by atoms with E-state index in [0.717, 1.165) is 50.7 Å². The molecule has 100 valence electrons. The zero-order chi connectivity index (χ0) is 13.0. The SMILES string of the molecule is CCCc1cc(N2CCNCC2)nc(C(C)C)n1. The number of nitrogens with zero attached hydrogens (tertiary/aromatic N) is 3. The average Bonchev–Trinajstić information content (AvgIpc) is 2.40. The molecule has 0 aliphatic carbocycles. The van der Waals surface area contributed by atoms with Crippen molar-refractivity contribution >= 4 is 5.82 Å². The molecule has 0 amide bonds. The van der Waals surface area contributed by atoms with Crippen LogP contribution in [0.1, 0.15) is 44.6 Å². The first-order valence-electron chi connectivity index (χ1n) is 7.04. The van der Waals surface area contributed by atoms with Gasteiger partial charge in [-0.15, -0.1) is 0 Å². The summed E-state index contributed by atoms with van der Waals surface area (Å²) in [5.41, 5.74) is 1.18. The van der Waals surface area contributed by atoms with E-state index in [9.17, 15) is 0 Å². The monoisotopic (exact) mass is 248 g/mol. The molecule has 0 bridgehead atoms. The maximum Gasteiger partial charge on any atom is 0.133 e. The van der Waals surface area contributed by atoms with Crippen LogP contribution in [0.5, 0.6) is 0 Å². The van der Waals surface area contributed by atoms with Crippen LogP contribution in [0.25, 0.3) is 0 Å². The van der Waals surface area contributed by atoms with Gasteiger partial charge in [0.1, 0.15) is 11.6 Å². The molecule has 0 atom stereocenters. The average molecular weight is 248 g/mol. The second kappa shape index (κ2) is 6.14. The molecule has 0 saturated carbocycles. The smallest absolute Gasteiger partial charge is 0.133 e. The topological polar surface area (TPSA) is 41.0 Å². The maximum absolute atomic E-state index is 4.73. The van der Waals surface area contributed by atoms with Gasteiger partial charge in [-0.2, -0.15) is 0 Å². The number of hydrogen-bond donors (Lipinski definition) is 1. The first-order valence-corrected chi connectivity index (χ1v) is 7.04. The molecule has 1 fully saturated rings. The molecule has 1 aliphatic heterocycles. The molecule has 1 aliphatic rings. The largest absolute Gasteiger partial charge is 0.354 e. The molecule has 18 heavy (non-hydrogen) atoms. The van der Waals surface area contributed by atoms with Crippen molar-refractivity contribution in [3.63, 3.8) is 0 Å². The zero-order valence-corrected chi connectivity index (χ0v) is 11.7. The standard InChI is InChI=1S/C14H24N4/c1-4-5-12-10-13(17-14(16-12)11(2)3)18-8-6-15-7-9-18/h10-11,15H,4-9H2,1-3H3. The van der Waals surface area contributed by atoms with Crippen molar-refractivity contribution in [1.29, 1.82) is 0 Å². The van der Waals surface area contributed by atoms with E-state index >= 15 is 0 Å². The summed E-state index contributed by atoms with van der Waals surface area (Å²) in [7, 11) is 0. The van der Waals surface area contributed by atoms with Gasteiger partial charge in [0.25, 0.3) is 0 Å². The van der Waals surface area contributed by atoms with Crippen LogP contribution in [-0.2, 0) is 6.42 Å². The summed E-state index contributed by atoms with van der Waals surface area (Å²) in [6.45, 7) is 10.7. The van der Waals surface area contributed by atoms with E-state index in [1.165, 1.54) is 5.69 Å². The quantitative estimate of drug-likeness (QED) is 0.884. The molecule has 2 rings (SSSR count). The summed E-state index contributed by atoms with van der Waals surface area (Å²) in [5, 5.41) is 3.38. The van der Waals surface area contributed by atoms with Gasteiger partial charge in [-0.05, 0) is 6.42 Å². The van der Waals surface area contributed by atoms with Crippen LogP contribution in [0.4, 0.5) is 5.82 Å². The molecule has 1 aromatic heterocycles. The molecular formula is C14H24N4. The third-order valence-electron chi connectivity index (χ3n) is 3.25. The normalized spacial score (nSPS) is 16.3. The molecule has 4 nitrogen and oxygen atoms in total. The molecule has 0 aromatic carbocycles. The lowest BCUT2D eigenvalue weighted by Crippen LogP contribution is -2.44. The lowest BCUT2D eigenvalue weighted by atomic mass is 10.1. The van der Waals surface area contributed by atoms with Crippen molar-refractivity contribution < 1.29 is 0 Å². The van der Waals surface area contributed by atoms with Crippen LogP contribution < -0.4 is 10.2 Å². The van der Waals surface area contributed by atoms with Crippen LogP contribution >= 0.6 is 0 Å². The third-order valence-corrected chi connectivity index (χ3v) is 3.25. The highest BCUT2D eigenvalue weighted by Gasteiger charge is 2.15. The highest BCUT2D eigenvalue weighted by atomic mass is 15.2. The number of aryl methyl sites for hydroxylation is 1. The first kappa shape index (κ1) is 13.3. The van der Waals surface area contributed by atoms with Gasteiger partial charge in [0, 0.05) is 43.9 Å².